The molecule has 1 fully saturated rings. The Morgan fingerprint density at radius 2 is 2.44 bits per heavy atom. The van der Waals surface area contributed by atoms with Gasteiger partial charge in [-0.25, -0.2) is 8.78 Å². The molecule has 1 saturated heterocycles. The molecule has 0 aliphatic carbocycles. The average Bonchev–Trinajstić information content (AvgIpc) is 2.29. The van der Waals surface area contributed by atoms with Crippen LogP contribution in [0.4, 0.5) is 8.78 Å². The highest BCUT2D eigenvalue weighted by Crippen LogP contribution is 1.93. The lowest BCUT2D eigenvalue weighted by Crippen LogP contribution is -2.51. The van der Waals surface area contributed by atoms with Gasteiger partial charge in [0.1, 0.15) is 12.6 Å². The summed E-state index contributed by atoms with van der Waals surface area (Å²) in [4.78, 5) is 11.4. The number of hydrogen-bond donors (Lipinski definition) is 2. The topological polar surface area (TPSA) is 59.6 Å². The van der Waals surface area contributed by atoms with Crippen LogP contribution in [0.15, 0.2) is 0 Å². The van der Waals surface area contributed by atoms with E-state index in [-0.39, 0.29) is 25.1 Å². The first-order valence-corrected chi connectivity index (χ1v) is 5.15. The van der Waals surface area contributed by atoms with Crippen molar-refractivity contribution in [2.24, 2.45) is 0 Å². The number of rotatable bonds is 6. The molecule has 0 aromatic rings. The zero-order valence-electron chi connectivity index (χ0n) is 8.88. The molecule has 1 aliphatic rings. The number of ether oxygens (including phenoxy) is 2. The first-order chi connectivity index (χ1) is 7.70. The standard InChI is InChI=1S/C9H16F2N2O3/c10-8(11)6-16-4-2-13-9(14)7-5-15-3-1-12-7/h7-8,12H,1-6H2,(H,13,14). The van der Waals surface area contributed by atoms with E-state index < -0.39 is 13.0 Å². The monoisotopic (exact) mass is 238 g/mol. The van der Waals surface area contributed by atoms with E-state index in [1.165, 1.54) is 0 Å². The zero-order valence-corrected chi connectivity index (χ0v) is 8.88. The van der Waals surface area contributed by atoms with Crippen molar-refractivity contribution in [1.29, 1.82) is 0 Å². The molecule has 1 aliphatic heterocycles. The molecule has 1 amide bonds. The number of halogens is 2. The highest BCUT2D eigenvalue weighted by Gasteiger charge is 2.20. The van der Waals surface area contributed by atoms with E-state index >= 15 is 0 Å². The average molecular weight is 238 g/mol. The van der Waals surface area contributed by atoms with Crippen molar-refractivity contribution < 1.29 is 23.0 Å². The molecule has 7 heteroatoms. The Hall–Kier alpha value is -0.790. The van der Waals surface area contributed by atoms with E-state index in [9.17, 15) is 13.6 Å². The second-order valence-corrected chi connectivity index (χ2v) is 3.34. The van der Waals surface area contributed by atoms with Crippen molar-refractivity contribution >= 4 is 5.91 Å². The van der Waals surface area contributed by atoms with Gasteiger partial charge >= 0.3 is 0 Å². The van der Waals surface area contributed by atoms with Crippen LogP contribution in [0.2, 0.25) is 0 Å². The van der Waals surface area contributed by atoms with Crippen molar-refractivity contribution in [1.82, 2.24) is 10.6 Å². The second kappa shape index (κ2) is 7.48. The predicted molar refractivity (Wildman–Crippen MR) is 52.4 cm³/mol. The molecule has 0 radical (unpaired) electrons. The summed E-state index contributed by atoms with van der Waals surface area (Å²) in [5.41, 5.74) is 0. The number of amides is 1. The lowest BCUT2D eigenvalue weighted by Gasteiger charge is -2.22. The van der Waals surface area contributed by atoms with Crippen LogP contribution in [0.5, 0.6) is 0 Å². The summed E-state index contributed by atoms with van der Waals surface area (Å²) in [6, 6.07) is -0.358. The molecule has 1 unspecified atom stereocenters. The summed E-state index contributed by atoms with van der Waals surface area (Å²) >= 11 is 0. The molecule has 94 valence electrons. The van der Waals surface area contributed by atoms with E-state index in [1.54, 1.807) is 0 Å². The molecular formula is C9H16F2N2O3. The van der Waals surface area contributed by atoms with Crippen molar-refractivity contribution in [3.05, 3.63) is 0 Å². The van der Waals surface area contributed by atoms with Gasteiger partial charge in [-0.3, -0.25) is 4.79 Å². The first-order valence-electron chi connectivity index (χ1n) is 5.15. The molecule has 1 rings (SSSR count). The molecule has 0 aromatic carbocycles. The maximum atomic E-state index is 11.7. The van der Waals surface area contributed by atoms with Crippen molar-refractivity contribution in [2.75, 3.05) is 39.5 Å². The van der Waals surface area contributed by atoms with Gasteiger partial charge in [-0.1, -0.05) is 0 Å². The maximum absolute atomic E-state index is 11.7. The molecule has 0 aromatic heterocycles. The molecule has 1 atom stereocenters. The summed E-state index contributed by atoms with van der Waals surface area (Å²) in [6.07, 6.45) is -2.47. The first kappa shape index (κ1) is 13.3. The Balaban J connectivity index is 2.01. The van der Waals surface area contributed by atoms with E-state index in [1.807, 2.05) is 0 Å². The van der Waals surface area contributed by atoms with E-state index in [4.69, 9.17) is 4.74 Å². The largest absolute Gasteiger partial charge is 0.378 e. The van der Waals surface area contributed by atoms with E-state index in [0.717, 1.165) is 0 Å². The van der Waals surface area contributed by atoms with Gasteiger partial charge in [0.2, 0.25) is 5.91 Å². The molecule has 16 heavy (non-hydrogen) atoms. The lowest BCUT2D eigenvalue weighted by atomic mass is 10.2. The molecule has 2 N–H and O–H groups in total. The maximum Gasteiger partial charge on any atom is 0.261 e. The fraction of sp³-hybridized carbons (Fsp3) is 0.889. The molecule has 0 saturated carbocycles. The fourth-order valence-electron chi connectivity index (χ4n) is 1.28. The number of carbonyl (C=O) groups excluding carboxylic acids is 1. The molecule has 0 bridgehead atoms. The summed E-state index contributed by atoms with van der Waals surface area (Å²) in [7, 11) is 0. The van der Waals surface area contributed by atoms with Gasteiger partial charge in [0, 0.05) is 13.1 Å². The number of nitrogens with one attached hydrogen (secondary N) is 2. The SMILES string of the molecule is O=C(NCCOCC(F)F)C1COCCN1. The summed E-state index contributed by atoms with van der Waals surface area (Å²) < 4.78 is 33.1. The third-order valence-electron chi connectivity index (χ3n) is 2.03. The van der Waals surface area contributed by atoms with Crippen LogP contribution in [0, 0.1) is 0 Å². The third kappa shape index (κ3) is 5.34. The molecule has 0 spiro atoms. The van der Waals surface area contributed by atoms with Gasteiger partial charge in [-0.2, -0.15) is 0 Å². The minimum absolute atomic E-state index is 0.0870. The normalized spacial score (nSPS) is 21.1. The van der Waals surface area contributed by atoms with E-state index in [2.05, 4.69) is 15.4 Å². The number of carbonyl (C=O) groups is 1. The van der Waals surface area contributed by atoms with Crippen LogP contribution < -0.4 is 10.6 Å². The minimum Gasteiger partial charge on any atom is -0.378 e. The van der Waals surface area contributed by atoms with Crippen molar-refractivity contribution in [2.45, 2.75) is 12.5 Å². The van der Waals surface area contributed by atoms with Crippen LogP contribution in [0.1, 0.15) is 0 Å². The Morgan fingerprint density at radius 1 is 1.62 bits per heavy atom. The number of morpholine rings is 1. The summed E-state index contributed by atoms with van der Waals surface area (Å²) in [5.74, 6) is -0.194. The fourth-order valence-corrected chi connectivity index (χ4v) is 1.28. The van der Waals surface area contributed by atoms with Crippen LogP contribution in [0.3, 0.4) is 0 Å². The smallest absolute Gasteiger partial charge is 0.261 e. The van der Waals surface area contributed by atoms with Gasteiger partial charge in [-0.05, 0) is 0 Å². The van der Waals surface area contributed by atoms with Crippen LogP contribution >= 0.6 is 0 Å². The number of alkyl halides is 2. The van der Waals surface area contributed by atoms with Crippen molar-refractivity contribution in [3.8, 4) is 0 Å². The third-order valence-corrected chi connectivity index (χ3v) is 2.03. The van der Waals surface area contributed by atoms with Gasteiger partial charge in [0.25, 0.3) is 6.43 Å². The van der Waals surface area contributed by atoms with E-state index in [0.29, 0.717) is 19.8 Å². The highest BCUT2D eigenvalue weighted by molar-refractivity contribution is 5.81. The van der Waals surface area contributed by atoms with Gasteiger partial charge in [-0.15, -0.1) is 0 Å². The number of hydrogen-bond acceptors (Lipinski definition) is 4. The lowest BCUT2D eigenvalue weighted by molar-refractivity contribution is -0.126. The van der Waals surface area contributed by atoms with Gasteiger partial charge in [0.15, 0.2) is 0 Å². The Labute approximate surface area is 92.5 Å². The van der Waals surface area contributed by atoms with Gasteiger partial charge in [0.05, 0.1) is 19.8 Å². The Morgan fingerprint density at radius 3 is 3.06 bits per heavy atom. The van der Waals surface area contributed by atoms with Crippen molar-refractivity contribution in [3.63, 3.8) is 0 Å². The zero-order chi connectivity index (χ0) is 11.8. The van der Waals surface area contributed by atoms with Crippen LogP contribution in [-0.4, -0.2) is 57.9 Å². The molecule has 1 heterocycles. The van der Waals surface area contributed by atoms with Gasteiger partial charge < -0.3 is 20.1 Å². The Bertz CT molecular complexity index is 211. The predicted octanol–water partition coefficient (Wildman–Crippen LogP) is -0.627. The summed E-state index contributed by atoms with van der Waals surface area (Å²) in [5, 5.41) is 5.55. The van der Waals surface area contributed by atoms with Crippen LogP contribution in [-0.2, 0) is 14.3 Å². The highest BCUT2D eigenvalue weighted by atomic mass is 19.3. The second-order valence-electron chi connectivity index (χ2n) is 3.34. The Kier molecular flexibility index (Phi) is 6.20. The molecular weight excluding hydrogens is 222 g/mol. The molecule has 5 nitrogen and oxygen atoms in total. The quantitative estimate of drug-likeness (QED) is 0.605. The minimum atomic E-state index is -2.47. The summed E-state index contributed by atoms with van der Waals surface area (Å²) in [6.45, 7) is 1.29. The van der Waals surface area contributed by atoms with Crippen LogP contribution in [0.25, 0.3) is 0 Å².